The molecule has 1 aliphatic heterocycles. The Labute approximate surface area is 130 Å². The van der Waals surface area contributed by atoms with Crippen molar-refractivity contribution in [2.45, 2.75) is 11.7 Å². The molecular formula is C12H11ClN2O3S2. The molecule has 1 heterocycles. The van der Waals surface area contributed by atoms with Crippen molar-refractivity contribution in [2.24, 2.45) is 0 Å². The predicted octanol–water partition coefficient (Wildman–Crippen LogP) is 2.19. The Bertz CT molecular complexity index is 580. The molecule has 0 aliphatic carbocycles. The molecule has 0 radical (unpaired) electrons. The van der Waals surface area contributed by atoms with Crippen molar-refractivity contribution in [3.8, 4) is 5.75 Å². The number of hydrogen-bond acceptors (Lipinski definition) is 5. The Morgan fingerprint density at radius 3 is 2.90 bits per heavy atom. The number of nitrogens with one attached hydrogen (secondary N) is 2. The van der Waals surface area contributed by atoms with Crippen LogP contribution in [0.1, 0.15) is 6.42 Å². The first-order valence-corrected chi connectivity index (χ1v) is 7.31. The summed E-state index contributed by atoms with van der Waals surface area (Å²) < 4.78 is 5.43. The summed E-state index contributed by atoms with van der Waals surface area (Å²) in [6.07, 6.45) is 0.0558. The molecule has 0 aromatic heterocycles. The summed E-state index contributed by atoms with van der Waals surface area (Å²) in [5, 5.41) is 5.11. The molecule has 2 rings (SSSR count). The van der Waals surface area contributed by atoms with E-state index in [0.29, 0.717) is 20.8 Å². The van der Waals surface area contributed by atoms with Crippen LogP contribution in [0.2, 0.25) is 5.02 Å². The average molecular weight is 331 g/mol. The van der Waals surface area contributed by atoms with Gasteiger partial charge in [-0.25, -0.2) is 0 Å². The van der Waals surface area contributed by atoms with Crippen LogP contribution in [0.5, 0.6) is 5.75 Å². The lowest BCUT2D eigenvalue weighted by atomic mass is 10.2. The maximum absolute atomic E-state index is 11.9. The van der Waals surface area contributed by atoms with Crippen LogP contribution >= 0.6 is 35.6 Å². The molecule has 1 fully saturated rings. The number of carbonyl (C=O) groups excluding carboxylic acids is 2. The fourth-order valence-corrected chi connectivity index (χ4v) is 3.18. The van der Waals surface area contributed by atoms with Gasteiger partial charge in [0.05, 0.1) is 17.4 Å². The Kier molecular flexibility index (Phi) is 4.85. The predicted molar refractivity (Wildman–Crippen MR) is 83.4 cm³/mol. The van der Waals surface area contributed by atoms with Crippen molar-refractivity contribution >= 4 is 57.4 Å². The standard InChI is InChI=1S/C12H11ClN2O3S2/c1-18-8-3-2-6(4-7(8)13)14-10(16)5-9-11(17)15-12(19)20-9/h2-4,9H,5H2,1H3,(H,14,16)(H,15,17,19). The van der Waals surface area contributed by atoms with E-state index in [2.05, 4.69) is 10.6 Å². The lowest BCUT2D eigenvalue weighted by Gasteiger charge is -2.09. The minimum absolute atomic E-state index is 0.0558. The fraction of sp³-hybridized carbons (Fsp3) is 0.250. The molecule has 8 heteroatoms. The highest BCUT2D eigenvalue weighted by Crippen LogP contribution is 2.28. The number of carbonyl (C=O) groups is 2. The fourth-order valence-electron chi connectivity index (χ4n) is 1.65. The molecule has 0 saturated carbocycles. The first-order chi connectivity index (χ1) is 9.49. The van der Waals surface area contributed by atoms with Crippen LogP contribution in [0.15, 0.2) is 18.2 Å². The molecule has 2 amide bonds. The summed E-state index contributed by atoms with van der Waals surface area (Å²) in [5.74, 6) is 0.0206. The minimum atomic E-state index is -0.476. The molecule has 106 valence electrons. The zero-order valence-corrected chi connectivity index (χ0v) is 12.8. The Morgan fingerprint density at radius 1 is 1.60 bits per heavy atom. The van der Waals surface area contributed by atoms with Crippen molar-refractivity contribution in [2.75, 3.05) is 12.4 Å². The van der Waals surface area contributed by atoms with Gasteiger partial charge in [-0.1, -0.05) is 35.6 Å². The van der Waals surface area contributed by atoms with E-state index in [1.54, 1.807) is 18.2 Å². The average Bonchev–Trinajstić information content (AvgIpc) is 2.68. The molecule has 5 nitrogen and oxygen atoms in total. The monoisotopic (exact) mass is 330 g/mol. The van der Waals surface area contributed by atoms with Crippen LogP contribution in [0.3, 0.4) is 0 Å². The van der Waals surface area contributed by atoms with Crippen LogP contribution in [-0.4, -0.2) is 28.5 Å². The highest BCUT2D eigenvalue weighted by atomic mass is 35.5. The molecule has 0 spiro atoms. The van der Waals surface area contributed by atoms with E-state index in [4.69, 9.17) is 28.6 Å². The molecule has 1 aromatic carbocycles. The minimum Gasteiger partial charge on any atom is -0.495 e. The smallest absolute Gasteiger partial charge is 0.239 e. The number of thiocarbonyl (C=S) groups is 1. The highest BCUT2D eigenvalue weighted by molar-refractivity contribution is 8.24. The van der Waals surface area contributed by atoms with E-state index in [1.165, 1.54) is 18.9 Å². The highest BCUT2D eigenvalue weighted by Gasteiger charge is 2.30. The van der Waals surface area contributed by atoms with Gasteiger partial charge in [0.15, 0.2) is 0 Å². The van der Waals surface area contributed by atoms with Gasteiger partial charge in [0.25, 0.3) is 0 Å². The zero-order chi connectivity index (χ0) is 14.7. The van der Waals surface area contributed by atoms with E-state index in [0.717, 1.165) is 0 Å². The number of rotatable bonds is 4. The van der Waals surface area contributed by atoms with Crippen LogP contribution < -0.4 is 15.4 Å². The van der Waals surface area contributed by atoms with E-state index < -0.39 is 5.25 Å². The van der Waals surface area contributed by atoms with Gasteiger partial charge in [-0.05, 0) is 18.2 Å². The van der Waals surface area contributed by atoms with Crippen molar-refractivity contribution in [1.82, 2.24) is 5.32 Å². The number of methoxy groups -OCH3 is 1. The maximum atomic E-state index is 11.9. The molecule has 1 saturated heterocycles. The van der Waals surface area contributed by atoms with Crippen molar-refractivity contribution in [3.63, 3.8) is 0 Å². The first-order valence-electron chi connectivity index (χ1n) is 5.64. The number of benzene rings is 1. The number of anilines is 1. The van der Waals surface area contributed by atoms with Crippen molar-refractivity contribution in [3.05, 3.63) is 23.2 Å². The second-order valence-corrected chi connectivity index (χ2v) is 6.27. The van der Waals surface area contributed by atoms with Gasteiger partial charge >= 0.3 is 0 Å². The summed E-state index contributed by atoms with van der Waals surface area (Å²) >= 11 is 12.0. The molecule has 2 N–H and O–H groups in total. The van der Waals surface area contributed by atoms with Crippen LogP contribution in [0, 0.1) is 0 Å². The van der Waals surface area contributed by atoms with Crippen molar-refractivity contribution in [1.29, 1.82) is 0 Å². The van der Waals surface area contributed by atoms with Gasteiger partial charge in [0, 0.05) is 12.1 Å². The van der Waals surface area contributed by atoms with E-state index >= 15 is 0 Å². The third-order valence-electron chi connectivity index (χ3n) is 2.57. The van der Waals surface area contributed by atoms with Gasteiger partial charge in [0.2, 0.25) is 11.8 Å². The second kappa shape index (κ2) is 6.43. The summed E-state index contributed by atoms with van der Waals surface area (Å²) in [6, 6.07) is 4.92. The Balaban J connectivity index is 1.96. The lowest BCUT2D eigenvalue weighted by Crippen LogP contribution is -2.27. The van der Waals surface area contributed by atoms with Crippen LogP contribution in [0.25, 0.3) is 0 Å². The van der Waals surface area contributed by atoms with E-state index in [-0.39, 0.29) is 18.2 Å². The third-order valence-corrected chi connectivity index (χ3v) is 4.24. The van der Waals surface area contributed by atoms with Gasteiger partial charge in [-0.3, -0.25) is 9.59 Å². The van der Waals surface area contributed by atoms with Crippen LogP contribution in [-0.2, 0) is 9.59 Å². The van der Waals surface area contributed by atoms with E-state index in [1.807, 2.05) is 0 Å². The topological polar surface area (TPSA) is 67.4 Å². The summed E-state index contributed by atoms with van der Waals surface area (Å²) in [5.41, 5.74) is 0.548. The molecular weight excluding hydrogens is 320 g/mol. The molecule has 0 bridgehead atoms. The zero-order valence-electron chi connectivity index (χ0n) is 10.4. The molecule has 1 unspecified atom stereocenters. The number of halogens is 1. The number of thioether (sulfide) groups is 1. The normalized spacial score (nSPS) is 17.8. The van der Waals surface area contributed by atoms with E-state index in [9.17, 15) is 9.59 Å². The second-order valence-electron chi connectivity index (χ2n) is 3.98. The molecule has 20 heavy (non-hydrogen) atoms. The Hall–Kier alpha value is -1.31. The van der Waals surface area contributed by atoms with Crippen molar-refractivity contribution < 1.29 is 14.3 Å². The molecule has 1 aliphatic rings. The van der Waals surface area contributed by atoms with Gasteiger partial charge in [-0.15, -0.1) is 0 Å². The quantitative estimate of drug-likeness (QED) is 0.828. The lowest BCUT2D eigenvalue weighted by molar-refractivity contribution is -0.122. The Morgan fingerprint density at radius 2 is 2.35 bits per heavy atom. The summed E-state index contributed by atoms with van der Waals surface area (Å²) in [4.78, 5) is 23.3. The van der Waals surface area contributed by atoms with Crippen LogP contribution in [0.4, 0.5) is 5.69 Å². The number of ether oxygens (including phenoxy) is 1. The SMILES string of the molecule is COc1ccc(NC(=O)CC2SC(=S)NC2=O)cc1Cl. The summed E-state index contributed by atoms with van der Waals surface area (Å²) in [6.45, 7) is 0. The first kappa shape index (κ1) is 15.1. The molecule has 1 atom stereocenters. The maximum Gasteiger partial charge on any atom is 0.239 e. The van der Waals surface area contributed by atoms with Gasteiger partial charge < -0.3 is 15.4 Å². The largest absolute Gasteiger partial charge is 0.495 e. The molecule has 1 aromatic rings. The van der Waals surface area contributed by atoms with Gasteiger partial charge in [0.1, 0.15) is 10.1 Å². The third kappa shape index (κ3) is 3.62. The number of amides is 2. The number of hydrogen-bond donors (Lipinski definition) is 2. The van der Waals surface area contributed by atoms with Gasteiger partial charge in [-0.2, -0.15) is 0 Å². The summed E-state index contributed by atoms with van der Waals surface area (Å²) in [7, 11) is 1.51.